The summed E-state index contributed by atoms with van der Waals surface area (Å²) >= 11 is 24.0. The standard InChI is InChI=1S/C25H15Cl4N5O/c26-18-7-3-14(9-20(18)28)25(35)32-17-11-22-24(30-12-17)34-23(33-22)13-1-4-15(5-2-13)31-16-6-8-19(27)21(29)10-16/h1-12,31H,(H,32,35)(H,30,33,34). The monoisotopic (exact) mass is 541 g/mol. The molecule has 0 bridgehead atoms. The molecule has 0 atom stereocenters. The number of nitrogens with one attached hydrogen (secondary N) is 3. The van der Waals surface area contributed by atoms with Gasteiger partial charge in [0.15, 0.2) is 5.65 Å². The molecule has 35 heavy (non-hydrogen) atoms. The zero-order valence-corrected chi connectivity index (χ0v) is 20.8. The number of pyridine rings is 1. The fraction of sp³-hybridized carbons (Fsp3) is 0. The number of imidazole rings is 1. The maximum Gasteiger partial charge on any atom is 0.255 e. The van der Waals surface area contributed by atoms with E-state index in [-0.39, 0.29) is 5.91 Å². The van der Waals surface area contributed by atoms with E-state index in [1.165, 1.54) is 6.07 Å². The Morgan fingerprint density at radius 2 is 1.43 bits per heavy atom. The van der Waals surface area contributed by atoms with Crippen molar-refractivity contribution in [3.63, 3.8) is 0 Å². The van der Waals surface area contributed by atoms with E-state index in [0.717, 1.165) is 16.9 Å². The number of nitrogens with zero attached hydrogens (tertiary/aromatic N) is 2. The molecule has 3 N–H and O–H groups in total. The lowest BCUT2D eigenvalue weighted by molar-refractivity contribution is 0.102. The van der Waals surface area contributed by atoms with Gasteiger partial charge in [-0.25, -0.2) is 9.97 Å². The molecule has 0 saturated carbocycles. The van der Waals surface area contributed by atoms with Gasteiger partial charge in [0.25, 0.3) is 5.91 Å². The zero-order valence-electron chi connectivity index (χ0n) is 17.7. The highest BCUT2D eigenvalue weighted by molar-refractivity contribution is 6.42. The third kappa shape index (κ3) is 5.21. The Balaban J connectivity index is 1.32. The maximum atomic E-state index is 12.5. The number of benzene rings is 3. The highest BCUT2D eigenvalue weighted by Gasteiger charge is 2.12. The summed E-state index contributed by atoms with van der Waals surface area (Å²) in [5, 5.41) is 7.76. The molecule has 174 valence electrons. The summed E-state index contributed by atoms with van der Waals surface area (Å²) in [5.74, 6) is 0.326. The fourth-order valence-electron chi connectivity index (χ4n) is 3.39. The normalized spacial score (nSPS) is 11.0. The molecule has 0 fully saturated rings. The predicted molar refractivity (Wildman–Crippen MR) is 143 cm³/mol. The first-order valence-corrected chi connectivity index (χ1v) is 11.8. The summed E-state index contributed by atoms with van der Waals surface area (Å²) < 4.78 is 0. The number of rotatable bonds is 5. The number of aromatic amines is 1. The largest absolute Gasteiger partial charge is 0.355 e. The van der Waals surface area contributed by atoms with Crippen molar-refractivity contribution in [2.45, 2.75) is 0 Å². The van der Waals surface area contributed by atoms with Crippen LogP contribution >= 0.6 is 46.4 Å². The Morgan fingerprint density at radius 1 is 0.743 bits per heavy atom. The van der Waals surface area contributed by atoms with Crippen LogP contribution in [-0.4, -0.2) is 20.9 Å². The van der Waals surface area contributed by atoms with Crippen LogP contribution < -0.4 is 10.6 Å². The minimum Gasteiger partial charge on any atom is -0.355 e. The van der Waals surface area contributed by atoms with Crippen molar-refractivity contribution in [3.05, 3.63) is 98.6 Å². The van der Waals surface area contributed by atoms with Gasteiger partial charge >= 0.3 is 0 Å². The van der Waals surface area contributed by atoms with Crippen LogP contribution in [0, 0.1) is 0 Å². The van der Waals surface area contributed by atoms with Gasteiger partial charge in [-0.3, -0.25) is 4.79 Å². The second-order valence-electron chi connectivity index (χ2n) is 7.59. The van der Waals surface area contributed by atoms with E-state index in [9.17, 15) is 4.79 Å². The lowest BCUT2D eigenvalue weighted by atomic mass is 10.2. The molecule has 3 aromatic carbocycles. The Morgan fingerprint density at radius 3 is 2.14 bits per heavy atom. The number of H-pyrrole nitrogens is 1. The third-order valence-corrected chi connectivity index (χ3v) is 6.62. The fourth-order valence-corrected chi connectivity index (χ4v) is 3.99. The topological polar surface area (TPSA) is 82.7 Å². The molecular formula is C25H15Cl4N5O. The van der Waals surface area contributed by atoms with Crippen LogP contribution in [0.25, 0.3) is 22.6 Å². The molecule has 0 radical (unpaired) electrons. The average Bonchev–Trinajstić information content (AvgIpc) is 3.27. The van der Waals surface area contributed by atoms with Crippen molar-refractivity contribution in [1.82, 2.24) is 15.0 Å². The highest BCUT2D eigenvalue weighted by Crippen LogP contribution is 2.28. The predicted octanol–water partition coefficient (Wildman–Crippen LogP) is 8.23. The molecule has 5 aromatic rings. The number of aromatic nitrogens is 3. The number of amides is 1. The molecule has 6 nitrogen and oxygen atoms in total. The number of carbonyl (C=O) groups is 1. The molecule has 10 heteroatoms. The molecular weight excluding hydrogens is 528 g/mol. The average molecular weight is 543 g/mol. The summed E-state index contributed by atoms with van der Waals surface area (Å²) in [4.78, 5) is 24.8. The molecule has 1 amide bonds. The lowest BCUT2D eigenvalue weighted by Crippen LogP contribution is -2.12. The number of halogens is 4. The van der Waals surface area contributed by atoms with E-state index < -0.39 is 0 Å². The quantitative estimate of drug-likeness (QED) is 0.209. The van der Waals surface area contributed by atoms with Gasteiger partial charge in [-0.1, -0.05) is 46.4 Å². The van der Waals surface area contributed by atoms with E-state index in [2.05, 4.69) is 25.6 Å². The third-order valence-electron chi connectivity index (χ3n) is 5.14. The smallest absolute Gasteiger partial charge is 0.255 e. The van der Waals surface area contributed by atoms with Crippen molar-refractivity contribution >= 4 is 80.5 Å². The van der Waals surface area contributed by atoms with Gasteiger partial charge in [-0.05, 0) is 66.7 Å². The van der Waals surface area contributed by atoms with Gasteiger partial charge in [-0.15, -0.1) is 0 Å². The van der Waals surface area contributed by atoms with E-state index in [4.69, 9.17) is 46.4 Å². The molecule has 0 spiro atoms. The second-order valence-corrected chi connectivity index (χ2v) is 9.22. The van der Waals surface area contributed by atoms with E-state index in [0.29, 0.717) is 48.3 Å². The van der Waals surface area contributed by atoms with Gasteiger partial charge in [0.05, 0.1) is 32.0 Å². The van der Waals surface area contributed by atoms with Crippen LogP contribution in [0.4, 0.5) is 17.1 Å². The Hall–Kier alpha value is -3.29. The summed E-state index contributed by atoms with van der Waals surface area (Å²) in [6, 6.07) is 19.5. The van der Waals surface area contributed by atoms with Gasteiger partial charge in [0.2, 0.25) is 0 Å². The minimum atomic E-state index is -0.328. The van der Waals surface area contributed by atoms with Crippen molar-refractivity contribution in [2.24, 2.45) is 0 Å². The van der Waals surface area contributed by atoms with Crippen LogP contribution in [0.3, 0.4) is 0 Å². The molecule has 0 aliphatic heterocycles. The van der Waals surface area contributed by atoms with Gasteiger partial charge in [0.1, 0.15) is 11.3 Å². The van der Waals surface area contributed by atoms with Crippen LogP contribution in [0.5, 0.6) is 0 Å². The van der Waals surface area contributed by atoms with Crippen molar-refractivity contribution in [3.8, 4) is 11.4 Å². The number of hydrogen-bond donors (Lipinski definition) is 3. The molecule has 0 saturated heterocycles. The molecule has 0 unspecified atom stereocenters. The lowest BCUT2D eigenvalue weighted by Gasteiger charge is -2.08. The molecule has 0 aliphatic rings. The number of carbonyl (C=O) groups excluding carboxylic acids is 1. The molecule has 2 aromatic heterocycles. The van der Waals surface area contributed by atoms with E-state index in [1.807, 2.05) is 30.3 Å². The Bertz CT molecular complexity index is 1570. The SMILES string of the molecule is O=C(Nc1cnc2[nH]c(-c3ccc(Nc4ccc(Cl)c(Cl)c4)cc3)nc2c1)c1ccc(Cl)c(Cl)c1. The highest BCUT2D eigenvalue weighted by atomic mass is 35.5. The van der Waals surface area contributed by atoms with Crippen LogP contribution in [0.1, 0.15) is 10.4 Å². The Kier molecular flexibility index (Phi) is 6.54. The summed E-state index contributed by atoms with van der Waals surface area (Å²) in [6.45, 7) is 0. The first-order valence-electron chi connectivity index (χ1n) is 10.3. The first-order chi connectivity index (χ1) is 16.9. The summed E-state index contributed by atoms with van der Waals surface area (Å²) in [6.07, 6.45) is 1.56. The first kappa shape index (κ1) is 23.5. The number of anilines is 3. The molecule has 5 rings (SSSR count). The van der Waals surface area contributed by atoms with E-state index >= 15 is 0 Å². The van der Waals surface area contributed by atoms with Crippen LogP contribution in [0.15, 0.2) is 72.9 Å². The number of fused-ring (bicyclic) bond motifs is 1. The van der Waals surface area contributed by atoms with Crippen LogP contribution in [-0.2, 0) is 0 Å². The van der Waals surface area contributed by atoms with Crippen molar-refractivity contribution in [2.75, 3.05) is 10.6 Å². The Labute approximate surface area is 220 Å². The van der Waals surface area contributed by atoms with Crippen molar-refractivity contribution < 1.29 is 4.79 Å². The second kappa shape index (κ2) is 9.76. The molecule has 2 heterocycles. The zero-order chi connectivity index (χ0) is 24.5. The van der Waals surface area contributed by atoms with Gasteiger partial charge in [0, 0.05) is 22.5 Å². The van der Waals surface area contributed by atoms with Gasteiger partial charge in [-0.2, -0.15) is 0 Å². The molecule has 0 aliphatic carbocycles. The van der Waals surface area contributed by atoms with E-state index in [1.54, 1.807) is 36.5 Å². The summed E-state index contributed by atoms with van der Waals surface area (Å²) in [5.41, 5.74) is 4.70. The van der Waals surface area contributed by atoms with Crippen molar-refractivity contribution in [1.29, 1.82) is 0 Å². The maximum absolute atomic E-state index is 12.5. The number of hydrogen-bond acceptors (Lipinski definition) is 4. The van der Waals surface area contributed by atoms with Crippen LogP contribution in [0.2, 0.25) is 20.1 Å². The van der Waals surface area contributed by atoms with Gasteiger partial charge < -0.3 is 15.6 Å². The minimum absolute atomic E-state index is 0.308. The summed E-state index contributed by atoms with van der Waals surface area (Å²) in [7, 11) is 0.